The Bertz CT molecular complexity index is 229. The molecule has 2 heterocycles. The van der Waals surface area contributed by atoms with E-state index in [2.05, 4.69) is 19.2 Å². The second kappa shape index (κ2) is 7.46. The van der Waals surface area contributed by atoms with Crippen LogP contribution in [0.25, 0.3) is 0 Å². The highest BCUT2D eigenvalue weighted by molar-refractivity contribution is 4.85. The molecule has 0 saturated carbocycles. The third kappa shape index (κ3) is 4.22. The lowest BCUT2D eigenvalue weighted by Gasteiger charge is -2.35. The minimum absolute atomic E-state index is 0.427. The van der Waals surface area contributed by atoms with Gasteiger partial charge in [0.05, 0.1) is 12.2 Å². The van der Waals surface area contributed by atoms with Crippen LogP contribution in [0.1, 0.15) is 58.8 Å². The van der Waals surface area contributed by atoms with E-state index in [1.165, 1.54) is 38.5 Å². The van der Waals surface area contributed by atoms with Crippen molar-refractivity contribution in [1.82, 2.24) is 5.32 Å². The number of rotatable bonds is 6. The van der Waals surface area contributed by atoms with Gasteiger partial charge < -0.3 is 14.8 Å². The Balaban J connectivity index is 1.59. The summed E-state index contributed by atoms with van der Waals surface area (Å²) in [6.45, 7) is 6.39. The summed E-state index contributed by atoms with van der Waals surface area (Å²) in [6, 6.07) is 1.21. The van der Waals surface area contributed by atoms with Gasteiger partial charge in [-0.3, -0.25) is 0 Å². The van der Waals surface area contributed by atoms with Gasteiger partial charge in [0.25, 0.3) is 0 Å². The quantitative estimate of drug-likeness (QED) is 0.740. The van der Waals surface area contributed by atoms with E-state index in [9.17, 15) is 0 Å². The first-order valence-corrected chi connectivity index (χ1v) is 7.79. The molecule has 2 fully saturated rings. The molecule has 0 amide bonds. The molecule has 0 aromatic carbocycles. The highest BCUT2D eigenvalue weighted by Gasteiger charge is 2.27. The molecule has 0 aromatic rings. The normalized spacial score (nSPS) is 37.0. The molecule has 2 saturated heterocycles. The van der Waals surface area contributed by atoms with E-state index >= 15 is 0 Å². The van der Waals surface area contributed by atoms with Crippen LogP contribution in [0.15, 0.2) is 0 Å². The predicted octanol–water partition coefficient (Wildman–Crippen LogP) is 2.88. The Labute approximate surface area is 112 Å². The number of ether oxygens (including phenoxy) is 2. The van der Waals surface area contributed by atoms with Crippen LogP contribution in [0.3, 0.4) is 0 Å². The molecule has 0 bridgehead atoms. The molecule has 4 atom stereocenters. The summed E-state index contributed by atoms with van der Waals surface area (Å²) >= 11 is 0. The standard InChI is InChI=1S/C15H29NO2/c1-3-14-15(9-8-12(2)16-14)18-11-5-7-13-6-4-10-17-13/h12-16H,3-11H2,1-2H3. The van der Waals surface area contributed by atoms with Crippen molar-refractivity contribution in [3.63, 3.8) is 0 Å². The molecule has 2 aliphatic rings. The first kappa shape index (κ1) is 14.3. The summed E-state index contributed by atoms with van der Waals surface area (Å²) < 4.78 is 11.7. The third-order valence-electron chi connectivity index (χ3n) is 4.30. The second-order valence-electron chi connectivity index (χ2n) is 5.85. The summed E-state index contributed by atoms with van der Waals surface area (Å²) in [5.74, 6) is 0. The van der Waals surface area contributed by atoms with Crippen LogP contribution < -0.4 is 5.32 Å². The van der Waals surface area contributed by atoms with E-state index in [-0.39, 0.29) is 0 Å². The predicted molar refractivity (Wildman–Crippen MR) is 73.9 cm³/mol. The average Bonchev–Trinajstić information content (AvgIpc) is 2.89. The van der Waals surface area contributed by atoms with E-state index in [1.807, 2.05) is 0 Å². The van der Waals surface area contributed by atoms with E-state index in [4.69, 9.17) is 9.47 Å². The fourth-order valence-electron chi connectivity index (χ4n) is 3.17. The summed E-state index contributed by atoms with van der Waals surface area (Å²) in [5, 5.41) is 3.65. The van der Waals surface area contributed by atoms with Gasteiger partial charge in [-0.1, -0.05) is 6.92 Å². The molecular weight excluding hydrogens is 226 g/mol. The van der Waals surface area contributed by atoms with E-state index in [0.29, 0.717) is 24.3 Å². The Morgan fingerprint density at radius 2 is 2.17 bits per heavy atom. The van der Waals surface area contributed by atoms with Crippen LogP contribution in [-0.4, -0.2) is 37.5 Å². The Morgan fingerprint density at radius 3 is 2.89 bits per heavy atom. The topological polar surface area (TPSA) is 30.5 Å². The minimum Gasteiger partial charge on any atom is -0.378 e. The monoisotopic (exact) mass is 255 g/mol. The Kier molecular flexibility index (Phi) is 5.93. The molecule has 0 radical (unpaired) electrons. The largest absolute Gasteiger partial charge is 0.378 e. The molecule has 1 N–H and O–H groups in total. The van der Waals surface area contributed by atoms with Gasteiger partial charge in [0, 0.05) is 25.3 Å². The van der Waals surface area contributed by atoms with Gasteiger partial charge in [0.2, 0.25) is 0 Å². The number of hydrogen-bond donors (Lipinski definition) is 1. The molecule has 18 heavy (non-hydrogen) atoms. The van der Waals surface area contributed by atoms with Gasteiger partial charge in [0.1, 0.15) is 0 Å². The van der Waals surface area contributed by atoms with Crippen LogP contribution in [0.4, 0.5) is 0 Å². The zero-order chi connectivity index (χ0) is 12.8. The third-order valence-corrected chi connectivity index (χ3v) is 4.30. The highest BCUT2D eigenvalue weighted by Crippen LogP contribution is 2.20. The van der Waals surface area contributed by atoms with Crippen molar-refractivity contribution in [3.05, 3.63) is 0 Å². The maximum absolute atomic E-state index is 6.08. The van der Waals surface area contributed by atoms with E-state index in [0.717, 1.165) is 19.6 Å². The number of piperidine rings is 1. The number of hydrogen-bond acceptors (Lipinski definition) is 3. The fourth-order valence-corrected chi connectivity index (χ4v) is 3.17. The fraction of sp³-hybridized carbons (Fsp3) is 1.00. The van der Waals surface area contributed by atoms with Gasteiger partial charge in [0.15, 0.2) is 0 Å². The van der Waals surface area contributed by atoms with Crippen molar-refractivity contribution < 1.29 is 9.47 Å². The molecule has 0 aromatic heterocycles. The minimum atomic E-state index is 0.427. The Hall–Kier alpha value is -0.120. The maximum atomic E-state index is 6.08. The summed E-state index contributed by atoms with van der Waals surface area (Å²) in [7, 11) is 0. The van der Waals surface area contributed by atoms with Gasteiger partial charge in [-0.15, -0.1) is 0 Å². The molecule has 0 aliphatic carbocycles. The smallest absolute Gasteiger partial charge is 0.0728 e. The maximum Gasteiger partial charge on any atom is 0.0728 e. The molecule has 2 rings (SSSR count). The average molecular weight is 255 g/mol. The van der Waals surface area contributed by atoms with E-state index < -0.39 is 0 Å². The van der Waals surface area contributed by atoms with Crippen LogP contribution in [0, 0.1) is 0 Å². The van der Waals surface area contributed by atoms with Crippen molar-refractivity contribution in [3.8, 4) is 0 Å². The van der Waals surface area contributed by atoms with Crippen molar-refractivity contribution >= 4 is 0 Å². The molecule has 2 aliphatic heterocycles. The van der Waals surface area contributed by atoms with Crippen molar-refractivity contribution in [2.45, 2.75) is 83.1 Å². The first-order chi connectivity index (χ1) is 8.79. The van der Waals surface area contributed by atoms with Gasteiger partial charge >= 0.3 is 0 Å². The lowest BCUT2D eigenvalue weighted by atomic mass is 9.95. The molecular formula is C15H29NO2. The van der Waals surface area contributed by atoms with Crippen molar-refractivity contribution in [2.75, 3.05) is 13.2 Å². The Morgan fingerprint density at radius 1 is 1.28 bits per heavy atom. The van der Waals surface area contributed by atoms with Crippen LogP contribution >= 0.6 is 0 Å². The van der Waals surface area contributed by atoms with Crippen LogP contribution in [-0.2, 0) is 9.47 Å². The SMILES string of the molecule is CCC1NC(C)CCC1OCCCC1CCCO1. The van der Waals surface area contributed by atoms with Crippen molar-refractivity contribution in [2.24, 2.45) is 0 Å². The second-order valence-corrected chi connectivity index (χ2v) is 5.85. The molecule has 3 nitrogen and oxygen atoms in total. The van der Waals surface area contributed by atoms with Crippen LogP contribution in [0.5, 0.6) is 0 Å². The molecule has 3 heteroatoms. The van der Waals surface area contributed by atoms with Crippen LogP contribution in [0.2, 0.25) is 0 Å². The summed E-state index contributed by atoms with van der Waals surface area (Å²) in [5.41, 5.74) is 0. The lowest BCUT2D eigenvalue weighted by molar-refractivity contribution is -0.00659. The number of nitrogens with one attached hydrogen (secondary N) is 1. The van der Waals surface area contributed by atoms with Gasteiger partial charge in [-0.25, -0.2) is 0 Å². The molecule has 0 spiro atoms. The lowest BCUT2D eigenvalue weighted by Crippen LogP contribution is -2.50. The first-order valence-electron chi connectivity index (χ1n) is 7.79. The molecule has 4 unspecified atom stereocenters. The summed E-state index contributed by atoms with van der Waals surface area (Å²) in [6.07, 6.45) is 9.38. The molecule has 106 valence electrons. The zero-order valence-electron chi connectivity index (χ0n) is 12.0. The van der Waals surface area contributed by atoms with Crippen molar-refractivity contribution in [1.29, 1.82) is 0 Å². The zero-order valence-corrected chi connectivity index (χ0v) is 12.0. The van der Waals surface area contributed by atoms with Gasteiger partial charge in [-0.2, -0.15) is 0 Å². The van der Waals surface area contributed by atoms with E-state index in [1.54, 1.807) is 0 Å². The highest BCUT2D eigenvalue weighted by atomic mass is 16.5. The van der Waals surface area contributed by atoms with Gasteiger partial charge in [-0.05, 0) is 51.9 Å². The summed E-state index contributed by atoms with van der Waals surface area (Å²) in [4.78, 5) is 0.